The lowest BCUT2D eigenvalue weighted by Gasteiger charge is -2.34. The van der Waals surface area contributed by atoms with Crippen molar-refractivity contribution in [1.29, 1.82) is 0 Å². The Hall–Kier alpha value is -3.45. The third-order valence-corrected chi connectivity index (χ3v) is 7.39. The number of H-pyrrole nitrogens is 1. The molecule has 2 amide bonds. The summed E-state index contributed by atoms with van der Waals surface area (Å²) in [5.74, 6) is -0.134. The van der Waals surface area contributed by atoms with Gasteiger partial charge in [-0.25, -0.2) is 4.39 Å². The molecule has 0 atom stereocenters. The number of nitrogens with one attached hydrogen (secondary N) is 1. The number of nitrogens with zero attached hydrogens (tertiary/aromatic N) is 2. The zero-order valence-electron chi connectivity index (χ0n) is 19.0. The number of benzene rings is 2. The molecule has 1 aliphatic heterocycles. The number of fused-ring (bicyclic) bond motifs is 1. The highest BCUT2D eigenvalue weighted by molar-refractivity contribution is 7.13. The quantitative estimate of drug-likeness (QED) is 0.428. The monoisotopic (exact) mass is 475 g/mol. The molecule has 1 N–H and O–H groups in total. The number of amides is 2. The first-order valence-electron chi connectivity index (χ1n) is 11.5. The van der Waals surface area contributed by atoms with Crippen molar-refractivity contribution in [3.8, 4) is 11.3 Å². The van der Waals surface area contributed by atoms with Crippen LogP contribution in [-0.4, -0.2) is 52.8 Å². The number of aromatic nitrogens is 1. The minimum atomic E-state index is -0.275. The third kappa shape index (κ3) is 4.48. The second-order valence-corrected chi connectivity index (χ2v) is 9.90. The highest BCUT2D eigenvalue weighted by atomic mass is 32.1. The summed E-state index contributed by atoms with van der Waals surface area (Å²) >= 11 is 1.51. The maximum Gasteiger partial charge on any atom is 0.264 e. The van der Waals surface area contributed by atoms with Gasteiger partial charge in [-0.1, -0.05) is 18.2 Å². The van der Waals surface area contributed by atoms with Gasteiger partial charge in [0.1, 0.15) is 5.82 Å². The summed E-state index contributed by atoms with van der Waals surface area (Å²) in [6.45, 7) is 4.19. The van der Waals surface area contributed by atoms with Crippen molar-refractivity contribution < 1.29 is 14.0 Å². The van der Waals surface area contributed by atoms with Crippen molar-refractivity contribution >= 4 is 34.1 Å². The lowest BCUT2D eigenvalue weighted by molar-refractivity contribution is -0.132. The Morgan fingerprint density at radius 2 is 1.65 bits per heavy atom. The summed E-state index contributed by atoms with van der Waals surface area (Å²) < 4.78 is 13.5. The number of piperazine rings is 1. The molecule has 5 nitrogen and oxygen atoms in total. The summed E-state index contributed by atoms with van der Waals surface area (Å²) in [5.41, 5.74) is 3.89. The number of rotatable bonds is 5. The van der Waals surface area contributed by atoms with Gasteiger partial charge in [-0.05, 0) is 66.9 Å². The van der Waals surface area contributed by atoms with Crippen LogP contribution in [0.4, 0.5) is 4.39 Å². The van der Waals surface area contributed by atoms with Gasteiger partial charge in [-0.3, -0.25) is 9.59 Å². The fourth-order valence-electron chi connectivity index (χ4n) is 4.58. The standard InChI is InChI=1S/C27H26FN3O2S/c1-18-6-12-24(34-18)27(33)31-16-14-30(15-17-31)25(32)13-11-22-21-4-2-3-5-23(21)29-26(22)19-7-9-20(28)10-8-19/h2-10,12,29H,11,13-17H2,1H3. The summed E-state index contributed by atoms with van der Waals surface area (Å²) in [6, 6.07) is 18.3. The van der Waals surface area contributed by atoms with Gasteiger partial charge in [0.25, 0.3) is 5.91 Å². The van der Waals surface area contributed by atoms with Crippen LogP contribution in [0.1, 0.15) is 26.5 Å². The first-order chi connectivity index (χ1) is 16.5. The first-order valence-corrected chi connectivity index (χ1v) is 12.3. The number of carbonyl (C=O) groups excluding carboxylic acids is 2. The number of hydrogen-bond donors (Lipinski definition) is 1. The molecule has 34 heavy (non-hydrogen) atoms. The van der Waals surface area contributed by atoms with Crippen LogP contribution in [0.25, 0.3) is 22.2 Å². The summed E-state index contributed by atoms with van der Waals surface area (Å²) in [6.07, 6.45) is 0.970. The molecule has 0 bridgehead atoms. The van der Waals surface area contributed by atoms with E-state index in [2.05, 4.69) is 11.1 Å². The van der Waals surface area contributed by atoms with E-state index < -0.39 is 0 Å². The average molecular weight is 476 g/mol. The molecule has 0 aliphatic carbocycles. The van der Waals surface area contributed by atoms with Gasteiger partial charge >= 0.3 is 0 Å². The van der Waals surface area contributed by atoms with Crippen molar-refractivity contribution in [2.75, 3.05) is 26.2 Å². The van der Waals surface area contributed by atoms with Crippen LogP contribution in [0.5, 0.6) is 0 Å². The minimum Gasteiger partial charge on any atom is -0.354 e. The SMILES string of the molecule is Cc1ccc(C(=O)N2CCN(C(=O)CCc3c(-c4ccc(F)cc4)[nH]c4ccccc34)CC2)s1. The number of para-hydroxylation sites is 1. The van der Waals surface area contributed by atoms with Crippen LogP contribution in [0, 0.1) is 12.7 Å². The molecule has 0 unspecified atom stereocenters. The fraction of sp³-hybridized carbons (Fsp3) is 0.259. The lowest BCUT2D eigenvalue weighted by atomic mass is 10.0. The van der Waals surface area contributed by atoms with E-state index in [4.69, 9.17) is 0 Å². The summed E-state index contributed by atoms with van der Waals surface area (Å²) in [5, 5.41) is 1.08. The fourth-order valence-corrected chi connectivity index (χ4v) is 5.41. The molecule has 1 aliphatic rings. The lowest BCUT2D eigenvalue weighted by Crippen LogP contribution is -2.50. The second kappa shape index (κ2) is 9.43. The Labute approximate surface area is 201 Å². The van der Waals surface area contributed by atoms with Gasteiger partial charge in [0.2, 0.25) is 5.91 Å². The van der Waals surface area contributed by atoms with Crippen molar-refractivity contribution in [3.63, 3.8) is 0 Å². The van der Waals surface area contributed by atoms with E-state index >= 15 is 0 Å². The third-order valence-electron chi connectivity index (χ3n) is 6.41. The van der Waals surface area contributed by atoms with Gasteiger partial charge in [0, 0.05) is 54.1 Å². The number of carbonyl (C=O) groups is 2. The number of hydrogen-bond acceptors (Lipinski definition) is 3. The highest BCUT2D eigenvalue weighted by Crippen LogP contribution is 2.31. The van der Waals surface area contributed by atoms with Crippen molar-refractivity contribution in [2.24, 2.45) is 0 Å². The molecular weight excluding hydrogens is 449 g/mol. The molecule has 4 aromatic rings. The Kier molecular flexibility index (Phi) is 6.20. The Morgan fingerprint density at radius 3 is 2.35 bits per heavy atom. The van der Waals surface area contributed by atoms with E-state index in [1.165, 1.54) is 23.5 Å². The van der Waals surface area contributed by atoms with Crippen molar-refractivity contribution in [2.45, 2.75) is 19.8 Å². The van der Waals surface area contributed by atoms with Crippen molar-refractivity contribution in [1.82, 2.24) is 14.8 Å². The summed E-state index contributed by atoms with van der Waals surface area (Å²) in [7, 11) is 0. The second-order valence-electron chi connectivity index (χ2n) is 8.61. The van der Waals surface area contributed by atoms with Crippen LogP contribution in [0.15, 0.2) is 60.7 Å². The smallest absolute Gasteiger partial charge is 0.264 e. The maximum atomic E-state index is 13.5. The van der Waals surface area contributed by atoms with Crippen LogP contribution in [0.2, 0.25) is 0 Å². The molecule has 2 aromatic heterocycles. The summed E-state index contributed by atoms with van der Waals surface area (Å²) in [4.78, 5) is 34.7. The van der Waals surface area contributed by atoms with Crippen molar-refractivity contribution in [3.05, 3.63) is 81.8 Å². The van der Waals surface area contributed by atoms with E-state index in [1.807, 2.05) is 47.1 Å². The van der Waals surface area contributed by atoms with Gasteiger partial charge in [0.05, 0.1) is 4.88 Å². The van der Waals surface area contributed by atoms with E-state index in [9.17, 15) is 14.0 Å². The molecule has 0 radical (unpaired) electrons. The number of aryl methyl sites for hydroxylation is 2. The van der Waals surface area contributed by atoms with Gasteiger partial charge in [-0.2, -0.15) is 0 Å². The highest BCUT2D eigenvalue weighted by Gasteiger charge is 2.26. The maximum absolute atomic E-state index is 13.5. The van der Waals surface area contributed by atoms with Crippen LogP contribution < -0.4 is 0 Å². The molecule has 174 valence electrons. The van der Waals surface area contributed by atoms with E-state index in [0.29, 0.717) is 39.0 Å². The van der Waals surface area contributed by atoms with Gasteiger partial charge in [-0.15, -0.1) is 11.3 Å². The Balaban J connectivity index is 1.26. The van der Waals surface area contributed by atoms with E-state index in [1.54, 1.807) is 12.1 Å². The molecule has 1 fully saturated rings. The predicted molar refractivity (Wildman–Crippen MR) is 134 cm³/mol. The molecule has 5 rings (SSSR count). The predicted octanol–water partition coefficient (Wildman–Crippen LogP) is 5.26. The Morgan fingerprint density at radius 1 is 0.941 bits per heavy atom. The normalized spacial score (nSPS) is 14.1. The van der Waals surface area contributed by atoms with E-state index in [-0.39, 0.29) is 17.6 Å². The van der Waals surface area contributed by atoms with Gasteiger partial charge in [0.15, 0.2) is 0 Å². The molecular formula is C27H26FN3O2S. The minimum absolute atomic E-state index is 0.0490. The first kappa shape index (κ1) is 22.3. The topological polar surface area (TPSA) is 56.4 Å². The van der Waals surface area contributed by atoms with Crippen LogP contribution in [0.3, 0.4) is 0 Å². The van der Waals surface area contributed by atoms with Gasteiger partial charge < -0.3 is 14.8 Å². The van der Waals surface area contributed by atoms with E-state index in [0.717, 1.165) is 37.5 Å². The largest absolute Gasteiger partial charge is 0.354 e. The number of halogens is 1. The average Bonchev–Trinajstić information content (AvgIpc) is 3.46. The zero-order chi connectivity index (χ0) is 23.7. The molecule has 3 heterocycles. The number of thiophene rings is 1. The molecule has 0 spiro atoms. The Bertz CT molecular complexity index is 1330. The molecule has 0 saturated carbocycles. The van der Waals surface area contributed by atoms with Crippen LogP contribution >= 0.6 is 11.3 Å². The van der Waals surface area contributed by atoms with Crippen LogP contribution in [-0.2, 0) is 11.2 Å². The molecule has 2 aromatic carbocycles. The number of aromatic amines is 1. The zero-order valence-corrected chi connectivity index (χ0v) is 19.8. The molecule has 1 saturated heterocycles. The molecule has 7 heteroatoms.